The number of carbonyl (C=O) groups excluding carboxylic acids is 1. The number of nitrogens with one attached hydrogen (secondary N) is 1. The third-order valence-corrected chi connectivity index (χ3v) is 3.51. The van der Waals surface area contributed by atoms with Crippen LogP contribution in [0.1, 0.15) is 30.8 Å². The van der Waals surface area contributed by atoms with Crippen LogP contribution >= 0.6 is 11.3 Å². The van der Waals surface area contributed by atoms with E-state index in [9.17, 15) is 9.59 Å². The molecule has 6 heteroatoms. The zero-order valence-corrected chi connectivity index (χ0v) is 10.8. The zero-order chi connectivity index (χ0) is 12.4. The summed E-state index contributed by atoms with van der Waals surface area (Å²) in [6, 6.07) is 0.212. The molecule has 1 unspecified atom stereocenters. The molecule has 1 atom stereocenters. The summed E-state index contributed by atoms with van der Waals surface area (Å²) in [5.74, 6) is -0.117. The van der Waals surface area contributed by atoms with Gasteiger partial charge in [-0.1, -0.05) is 11.3 Å². The summed E-state index contributed by atoms with van der Waals surface area (Å²) < 4.78 is 5.32. The maximum absolute atomic E-state index is 12.3. The second kappa shape index (κ2) is 5.01. The van der Waals surface area contributed by atoms with Gasteiger partial charge in [0.15, 0.2) is 0 Å². The third-order valence-electron chi connectivity index (χ3n) is 2.84. The number of thiazole rings is 1. The van der Waals surface area contributed by atoms with Crippen molar-refractivity contribution < 1.29 is 9.53 Å². The number of aromatic amines is 1. The number of hydrogen-bond acceptors (Lipinski definition) is 4. The Hall–Kier alpha value is -1.14. The van der Waals surface area contributed by atoms with Gasteiger partial charge in [0.05, 0.1) is 12.6 Å². The van der Waals surface area contributed by atoms with Crippen molar-refractivity contribution in [1.29, 1.82) is 0 Å². The lowest BCUT2D eigenvalue weighted by molar-refractivity contribution is 0.0576. The monoisotopic (exact) mass is 256 g/mol. The van der Waals surface area contributed by atoms with Crippen LogP contribution in [-0.4, -0.2) is 41.1 Å². The number of nitrogens with zero attached hydrogens (tertiary/aromatic N) is 1. The van der Waals surface area contributed by atoms with Crippen LogP contribution in [0, 0.1) is 0 Å². The summed E-state index contributed by atoms with van der Waals surface area (Å²) >= 11 is 1.01. The highest BCUT2D eigenvalue weighted by Crippen LogP contribution is 2.18. The Morgan fingerprint density at radius 3 is 2.88 bits per heavy atom. The van der Waals surface area contributed by atoms with Crippen LogP contribution in [0.4, 0.5) is 0 Å². The molecule has 0 radical (unpaired) electrons. The van der Waals surface area contributed by atoms with Crippen LogP contribution in [0.3, 0.4) is 0 Å². The Balaban J connectivity index is 2.21. The Labute approximate surface area is 103 Å². The second-order valence-electron chi connectivity index (χ2n) is 4.39. The van der Waals surface area contributed by atoms with Gasteiger partial charge in [0.25, 0.3) is 5.91 Å². The topological polar surface area (TPSA) is 62.4 Å². The molecule has 1 saturated heterocycles. The lowest BCUT2D eigenvalue weighted by Crippen LogP contribution is -2.45. The maximum atomic E-state index is 12.3. The first-order valence-electron chi connectivity index (χ1n) is 5.68. The molecule has 1 amide bonds. The van der Waals surface area contributed by atoms with Crippen molar-refractivity contribution in [2.24, 2.45) is 0 Å². The maximum Gasteiger partial charge on any atom is 0.305 e. The summed E-state index contributed by atoms with van der Waals surface area (Å²) in [7, 11) is 0. The fourth-order valence-corrected chi connectivity index (χ4v) is 2.64. The molecule has 1 fully saturated rings. The predicted molar refractivity (Wildman–Crippen MR) is 65.5 cm³/mol. The number of carbonyl (C=O) groups is 1. The molecule has 0 saturated carbocycles. The number of rotatable bonds is 3. The molecular formula is C11H16N2O3S. The van der Waals surface area contributed by atoms with Crippen LogP contribution in [0.2, 0.25) is 0 Å². The van der Waals surface area contributed by atoms with Crippen molar-refractivity contribution in [3.63, 3.8) is 0 Å². The van der Waals surface area contributed by atoms with E-state index >= 15 is 0 Å². The molecule has 0 aliphatic carbocycles. The fraction of sp³-hybridized carbons (Fsp3) is 0.636. The molecule has 0 spiro atoms. The normalized spacial score (nSPS) is 19.8. The largest absolute Gasteiger partial charge is 0.379 e. The predicted octanol–water partition coefficient (Wildman–Crippen LogP) is 1.08. The van der Waals surface area contributed by atoms with Gasteiger partial charge in [0.2, 0.25) is 0 Å². The molecule has 0 bridgehead atoms. The highest BCUT2D eigenvalue weighted by atomic mass is 32.1. The minimum atomic E-state index is -0.195. The molecule has 1 aromatic heterocycles. The smallest absolute Gasteiger partial charge is 0.305 e. The van der Waals surface area contributed by atoms with Crippen LogP contribution < -0.4 is 4.87 Å². The molecule has 0 aromatic carbocycles. The molecule has 2 heterocycles. The number of amides is 1. The number of H-pyrrole nitrogens is 1. The van der Waals surface area contributed by atoms with E-state index in [1.807, 2.05) is 13.8 Å². The Bertz CT molecular complexity index is 446. The van der Waals surface area contributed by atoms with Gasteiger partial charge >= 0.3 is 4.87 Å². The summed E-state index contributed by atoms with van der Waals surface area (Å²) in [5, 5.41) is 1.58. The summed E-state index contributed by atoms with van der Waals surface area (Å²) in [6.45, 7) is 5.22. The highest BCUT2D eigenvalue weighted by Gasteiger charge is 2.30. The van der Waals surface area contributed by atoms with Gasteiger partial charge in [-0.25, -0.2) is 0 Å². The zero-order valence-electron chi connectivity index (χ0n) is 9.93. The standard InChI is InChI=1S/C11H16N2O3S/c1-7(2)13(8-3-4-16-5-8)10(14)9-6-17-11(15)12-9/h6-8H,3-5H2,1-2H3,(H,12,15). The molecule has 1 aliphatic rings. The lowest BCUT2D eigenvalue weighted by Gasteiger charge is -2.31. The van der Waals surface area contributed by atoms with E-state index in [0.717, 1.165) is 17.8 Å². The first-order valence-corrected chi connectivity index (χ1v) is 6.55. The Morgan fingerprint density at radius 1 is 1.65 bits per heavy atom. The first-order chi connectivity index (χ1) is 8.09. The quantitative estimate of drug-likeness (QED) is 0.880. The van der Waals surface area contributed by atoms with Gasteiger partial charge in [0, 0.05) is 18.0 Å². The number of ether oxygens (including phenoxy) is 1. The number of aromatic nitrogens is 1. The third kappa shape index (κ3) is 2.58. The van der Waals surface area contributed by atoms with Gasteiger partial charge in [0.1, 0.15) is 5.69 Å². The van der Waals surface area contributed by atoms with Crippen molar-refractivity contribution >= 4 is 17.2 Å². The Morgan fingerprint density at radius 2 is 2.41 bits per heavy atom. The lowest BCUT2D eigenvalue weighted by atomic mass is 10.1. The summed E-state index contributed by atoms with van der Waals surface area (Å²) in [5.41, 5.74) is 0.376. The van der Waals surface area contributed by atoms with Gasteiger partial charge in [-0.15, -0.1) is 0 Å². The van der Waals surface area contributed by atoms with Crippen LogP contribution in [0.5, 0.6) is 0 Å². The summed E-state index contributed by atoms with van der Waals surface area (Å²) in [6.07, 6.45) is 0.859. The molecule has 2 rings (SSSR count). The molecule has 1 N–H and O–H groups in total. The van der Waals surface area contributed by atoms with E-state index in [2.05, 4.69) is 4.98 Å². The second-order valence-corrected chi connectivity index (χ2v) is 5.23. The van der Waals surface area contributed by atoms with Gasteiger partial charge in [-0.2, -0.15) is 0 Å². The van der Waals surface area contributed by atoms with E-state index in [1.165, 1.54) is 0 Å². The summed E-state index contributed by atoms with van der Waals surface area (Å²) in [4.78, 5) is 27.5. The van der Waals surface area contributed by atoms with Crippen molar-refractivity contribution in [3.05, 3.63) is 20.7 Å². The molecular weight excluding hydrogens is 240 g/mol. The molecule has 17 heavy (non-hydrogen) atoms. The van der Waals surface area contributed by atoms with Gasteiger partial charge < -0.3 is 14.6 Å². The van der Waals surface area contributed by atoms with Crippen molar-refractivity contribution in [2.45, 2.75) is 32.4 Å². The average Bonchev–Trinajstić information content (AvgIpc) is 2.88. The molecule has 1 aliphatic heterocycles. The van der Waals surface area contributed by atoms with E-state index in [4.69, 9.17) is 4.74 Å². The van der Waals surface area contributed by atoms with Crippen molar-refractivity contribution in [2.75, 3.05) is 13.2 Å². The van der Waals surface area contributed by atoms with Crippen LogP contribution in [-0.2, 0) is 4.74 Å². The van der Waals surface area contributed by atoms with Crippen LogP contribution in [0.25, 0.3) is 0 Å². The van der Waals surface area contributed by atoms with Gasteiger partial charge in [-0.05, 0) is 20.3 Å². The first kappa shape index (κ1) is 12.3. The fourth-order valence-electron chi connectivity index (χ4n) is 2.09. The minimum Gasteiger partial charge on any atom is -0.379 e. The Kier molecular flexibility index (Phi) is 3.63. The van der Waals surface area contributed by atoms with E-state index < -0.39 is 0 Å². The van der Waals surface area contributed by atoms with E-state index in [0.29, 0.717) is 18.9 Å². The van der Waals surface area contributed by atoms with Gasteiger partial charge in [-0.3, -0.25) is 9.59 Å². The number of hydrogen-bond donors (Lipinski definition) is 1. The minimum absolute atomic E-state index is 0.0950. The molecule has 94 valence electrons. The SMILES string of the molecule is CC(C)N(C(=O)c1csc(=O)[nH]1)C1CCOC1. The van der Waals surface area contributed by atoms with Crippen molar-refractivity contribution in [3.8, 4) is 0 Å². The molecule has 5 nitrogen and oxygen atoms in total. The van der Waals surface area contributed by atoms with E-state index in [-0.39, 0.29) is 22.9 Å². The highest BCUT2D eigenvalue weighted by molar-refractivity contribution is 7.07. The molecule has 1 aromatic rings. The average molecular weight is 256 g/mol. The van der Waals surface area contributed by atoms with E-state index in [1.54, 1.807) is 10.3 Å². The van der Waals surface area contributed by atoms with Crippen LogP contribution in [0.15, 0.2) is 10.2 Å². The van der Waals surface area contributed by atoms with Crippen molar-refractivity contribution in [1.82, 2.24) is 9.88 Å².